The van der Waals surface area contributed by atoms with Crippen LogP contribution in [0.2, 0.25) is 0 Å². The van der Waals surface area contributed by atoms with Gasteiger partial charge in [-0.25, -0.2) is 0 Å². The van der Waals surface area contributed by atoms with E-state index in [1.807, 2.05) is 6.92 Å². The summed E-state index contributed by atoms with van der Waals surface area (Å²) in [4.78, 5) is 0. The van der Waals surface area contributed by atoms with E-state index in [-0.39, 0.29) is 17.1 Å². The maximum Gasteiger partial charge on any atom is 0.196 e. The van der Waals surface area contributed by atoms with Crippen LogP contribution in [-0.2, 0) is 22.0 Å². The minimum Gasteiger partial charge on any atom is -0.465 e. The Morgan fingerprint density at radius 1 is 0.806 bits per heavy atom. The van der Waals surface area contributed by atoms with Gasteiger partial charge in [0.1, 0.15) is 5.75 Å². The molecule has 0 N–H and O–H groups in total. The molecule has 0 radical (unpaired) electrons. The fourth-order valence-corrected chi connectivity index (χ4v) is 4.10. The van der Waals surface area contributed by atoms with Crippen LogP contribution in [0, 0.1) is 0 Å². The monoisotopic (exact) mass is 424 g/mol. The predicted molar refractivity (Wildman–Crippen MR) is 133 cm³/mol. The van der Waals surface area contributed by atoms with Crippen LogP contribution in [0.4, 0.5) is 0 Å². The van der Waals surface area contributed by atoms with Crippen molar-refractivity contribution in [3.05, 3.63) is 64.7 Å². The zero-order chi connectivity index (χ0) is 23.2. The van der Waals surface area contributed by atoms with Gasteiger partial charge in [0.2, 0.25) is 0 Å². The van der Waals surface area contributed by atoms with Gasteiger partial charge in [-0.15, -0.1) is 0 Å². The topological polar surface area (TPSA) is 18.5 Å². The van der Waals surface area contributed by atoms with Crippen LogP contribution in [-0.4, -0.2) is 12.9 Å². The summed E-state index contributed by atoms with van der Waals surface area (Å²) in [7, 11) is 0. The minimum absolute atomic E-state index is 0.134. The van der Waals surface area contributed by atoms with Crippen molar-refractivity contribution in [3.63, 3.8) is 0 Å². The molecule has 0 spiro atoms. The number of benzene rings is 2. The summed E-state index contributed by atoms with van der Waals surface area (Å²) in [6.07, 6.45) is 2.90. The third-order valence-electron chi connectivity index (χ3n) is 6.08. The maximum absolute atomic E-state index is 6.00. The Bertz CT molecular complexity index is 774. The molecule has 0 amide bonds. The van der Waals surface area contributed by atoms with Crippen LogP contribution >= 0.6 is 0 Å². The van der Waals surface area contributed by atoms with Gasteiger partial charge in [0.25, 0.3) is 0 Å². The molecule has 2 aromatic rings. The molecule has 31 heavy (non-hydrogen) atoms. The van der Waals surface area contributed by atoms with Gasteiger partial charge >= 0.3 is 0 Å². The molecule has 0 aromatic heterocycles. The SMILES string of the molecule is CCC(C)c1ccc(OC(C)OCCCc2c(C(C)(C)C)cccc2C(C)(C)C)cc1. The highest BCUT2D eigenvalue weighted by atomic mass is 16.7. The molecule has 2 aromatic carbocycles. The van der Waals surface area contributed by atoms with E-state index < -0.39 is 0 Å². The molecule has 2 atom stereocenters. The van der Waals surface area contributed by atoms with E-state index in [1.54, 1.807) is 0 Å². The van der Waals surface area contributed by atoms with E-state index >= 15 is 0 Å². The van der Waals surface area contributed by atoms with E-state index in [4.69, 9.17) is 9.47 Å². The normalized spacial score (nSPS) is 14.4. The molecule has 2 unspecified atom stereocenters. The molecule has 2 rings (SSSR count). The highest BCUT2D eigenvalue weighted by Gasteiger charge is 2.24. The summed E-state index contributed by atoms with van der Waals surface area (Å²) in [5.74, 6) is 1.45. The standard InChI is InChI=1S/C29H44O2/c1-10-21(2)23-16-18-24(19-17-23)31-22(3)30-20-12-13-25-26(28(4,5)6)14-11-15-27(25)29(7,8)9/h11,14-19,21-22H,10,12-13,20H2,1-9H3. The molecule has 0 fully saturated rings. The second-order valence-electron chi connectivity index (χ2n) is 10.9. The molecular formula is C29H44O2. The Balaban J connectivity index is 1.95. The summed E-state index contributed by atoms with van der Waals surface area (Å²) in [6, 6.07) is 15.2. The summed E-state index contributed by atoms with van der Waals surface area (Å²) in [6.45, 7) is 21.0. The Morgan fingerprint density at radius 2 is 1.35 bits per heavy atom. The van der Waals surface area contributed by atoms with Gasteiger partial charge in [-0.05, 0) is 77.3 Å². The van der Waals surface area contributed by atoms with E-state index in [0.29, 0.717) is 12.5 Å². The van der Waals surface area contributed by atoms with Gasteiger partial charge in [0.15, 0.2) is 6.29 Å². The average Bonchev–Trinajstić information content (AvgIpc) is 2.69. The van der Waals surface area contributed by atoms with Crippen molar-refractivity contribution in [3.8, 4) is 5.75 Å². The Labute approximate surface area is 191 Å². The van der Waals surface area contributed by atoms with Crippen LogP contribution in [0.1, 0.15) is 103 Å². The van der Waals surface area contributed by atoms with Gasteiger partial charge in [-0.2, -0.15) is 0 Å². The van der Waals surface area contributed by atoms with Crippen molar-refractivity contribution in [2.75, 3.05) is 6.61 Å². The van der Waals surface area contributed by atoms with E-state index in [0.717, 1.165) is 25.0 Å². The van der Waals surface area contributed by atoms with Crippen LogP contribution in [0.5, 0.6) is 5.75 Å². The van der Waals surface area contributed by atoms with Crippen molar-refractivity contribution in [1.82, 2.24) is 0 Å². The number of hydrogen-bond acceptors (Lipinski definition) is 2. The molecule has 0 saturated heterocycles. The van der Waals surface area contributed by atoms with Gasteiger partial charge in [0.05, 0.1) is 6.61 Å². The highest BCUT2D eigenvalue weighted by molar-refractivity contribution is 5.42. The van der Waals surface area contributed by atoms with Crippen molar-refractivity contribution < 1.29 is 9.47 Å². The molecule has 0 heterocycles. The summed E-state index contributed by atoms with van der Waals surface area (Å²) >= 11 is 0. The third-order valence-corrected chi connectivity index (χ3v) is 6.08. The zero-order valence-electron chi connectivity index (χ0n) is 21.3. The molecule has 0 aliphatic rings. The smallest absolute Gasteiger partial charge is 0.196 e. The van der Waals surface area contributed by atoms with Crippen LogP contribution in [0.15, 0.2) is 42.5 Å². The maximum atomic E-state index is 6.00. The van der Waals surface area contributed by atoms with Gasteiger partial charge < -0.3 is 9.47 Å². The molecule has 2 heteroatoms. The van der Waals surface area contributed by atoms with E-state index in [1.165, 1.54) is 22.3 Å². The predicted octanol–water partition coefficient (Wildman–Crippen LogP) is 8.17. The van der Waals surface area contributed by atoms with Gasteiger partial charge in [-0.3, -0.25) is 0 Å². The number of rotatable bonds is 9. The lowest BCUT2D eigenvalue weighted by molar-refractivity contribution is -0.0672. The largest absolute Gasteiger partial charge is 0.465 e. The Morgan fingerprint density at radius 3 is 1.84 bits per heavy atom. The number of hydrogen-bond donors (Lipinski definition) is 0. The first-order valence-electron chi connectivity index (χ1n) is 11.9. The van der Waals surface area contributed by atoms with Crippen molar-refractivity contribution in [1.29, 1.82) is 0 Å². The first-order valence-corrected chi connectivity index (χ1v) is 11.9. The Kier molecular flexibility index (Phi) is 8.77. The van der Waals surface area contributed by atoms with Gasteiger partial charge in [-0.1, -0.05) is 85.7 Å². The fourth-order valence-electron chi connectivity index (χ4n) is 4.10. The summed E-state index contributed by atoms with van der Waals surface area (Å²) in [5, 5.41) is 0. The molecule has 0 saturated carbocycles. The van der Waals surface area contributed by atoms with E-state index in [2.05, 4.69) is 97.9 Å². The molecule has 0 aliphatic heterocycles. The van der Waals surface area contributed by atoms with Gasteiger partial charge in [0, 0.05) is 0 Å². The second-order valence-corrected chi connectivity index (χ2v) is 10.9. The van der Waals surface area contributed by atoms with Crippen LogP contribution in [0.3, 0.4) is 0 Å². The van der Waals surface area contributed by atoms with Crippen LogP contribution < -0.4 is 4.74 Å². The van der Waals surface area contributed by atoms with Crippen molar-refractivity contribution in [2.24, 2.45) is 0 Å². The molecule has 2 nitrogen and oxygen atoms in total. The highest BCUT2D eigenvalue weighted by Crippen LogP contribution is 2.34. The molecule has 0 bridgehead atoms. The summed E-state index contributed by atoms with van der Waals surface area (Å²) < 4.78 is 12.0. The quantitative estimate of drug-likeness (QED) is 0.298. The minimum atomic E-state index is -0.255. The van der Waals surface area contributed by atoms with Crippen molar-refractivity contribution >= 4 is 0 Å². The first-order chi connectivity index (χ1) is 14.4. The van der Waals surface area contributed by atoms with Crippen molar-refractivity contribution in [2.45, 2.75) is 105 Å². The van der Waals surface area contributed by atoms with Crippen LogP contribution in [0.25, 0.3) is 0 Å². The lowest BCUT2D eigenvalue weighted by Gasteiger charge is -2.30. The lowest BCUT2D eigenvalue weighted by Crippen LogP contribution is -2.22. The zero-order valence-corrected chi connectivity index (χ0v) is 21.3. The average molecular weight is 425 g/mol. The fraction of sp³-hybridized carbons (Fsp3) is 0.586. The number of ether oxygens (including phenoxy) is 2. The molecule has 0 aliphatic carbocycles. The molecule has 172 valence electrons. The first kappa shape index (κ1) is 25.5. The lowest BCUT2D eigenvalue weighted by atomic mass is 9.75. The third kappa shape index (κ3) is 7.38. The Hall–Kier alpha value is -1.80. The molecular weight excluding hydrogens is 380 g/mol. The second kappa shape index (κ2) is 10.7. The van der Waals surface area contributed by atoms with E-state index in [9.17, 15) is 0 Å². The summed E-state index contributed by atoms with van der Waals surface area (Å²) in [5.41, 5.74) is 6.01.